The van der Waals surface area contributed by atoms with Crippen LogP contribution in [0.25, 0.3) is 10.8 Å². The van der Waals surface area contributed by atoms with Crippen molar-refractivity contribution >= 4 is 22.4 Å². The molecule has 146 valence electrons. The summed E-state index contributed by atoms with van der Waals surface area (Å²) < 4.78 is 1.72. The Kier molecular flexibility index (Phi) is 5.08. The topological polar surface area (TPSA) is 86.7 Å². The average molecular weight is 385 g/mol. The molecule has 2 aromatic heterocycles. The van der Waals surface area contributed by atoms with Crippen LogP contribution in [-0.2, 0) is 13.0 Å². The van der Waals surface area contributed by atoms with Gasteiger partial charge in [-0.05, 0) is 53.8 Å². The van der Waals surface area contributed by atoms with Crippen molar-refractivity contribution in [1.82, 2.24) is 20.0 Å². The van der Waals surface area contributed by atoms with Crippen LogP contribution >= 0.6 is 0 Å². The van der Waals surface area contributed by atoms with Crippen LogP contribution in [0, 0.1) is 13.8 Å². The fourth-order valence-electron chi connectivity index (χ4n) is 3.74. The number of pyridine rings is 1. The van der Waals surface area contributed by atoms with Gasteiger partial charge in [0.25, 0.3) is 0 Å². The van der Waals surface area contributed by atoms with Gasteiger partial charge in [-0.3, -0.25) is 4.79 Å². The molecule has 0 aliphatic heterocycles. The predicted octanol–water partition coefficient (Wildman–Crippen LogP) is 3.89. The summed E-state index contributed by atoms with van der Waals surface area (Å²) in [6.07, 6.45) is 2.70. The zero-order valence-corrected chi connectivity index (χ0v) is 16.6. The number of carbonyl (C=O) groups is 1. The molecule has 0 saturated heterocycles. The molecule has 6 nitrogen and oxygen atoms in total. The Morgan fingerprint density at radius 1 is 1.10 bits per heavy atom. The maximum atomic E-state index is 12.6. The average Bonchev–Trinajstić information content (AvgIpc) is 3.16. The van der Waals surface area contributed by atoms with Gasteiger partial charge in [0.2, 0.25) is 0 Å². The fraction of sp³-hybridized carbons (Fsp3) is 0.217. The predicted molar refractivity (Wildman–Crippen MR) is 114 cm³/mol. The van der Waals surface area contributed by atoms with Crippen LogP contribution < -0.4 is 5.73 Å². The maximum absolute atomic E-state index is 12.6. The molecule has 0 spiro atoms. The third-order valence-electron chi connectivity index (χ3n) is 5.21. The first-order valence-corrected chi connectivity index (χ1v) is 9.64. The van der Waals surface area contributed by atoms with E-state index in [1.807, 2.05) is 38.1 Å². The lowest BCUT2D eigenvalue weighted by Gasteiger charge is -2.09. The summed E-state index contributed by atoms with van der Waals surface area (Å²) in [7, 11) is 0. The third-order valence-corrected chi connectivity index (χ3v) is 5.21. The molecule has 2 heterocycles. The minimum Gasteiger partial charge on any atom is -0.384 e. The Hall–Kier alpha value is -3.54. The van der Waals surface area contributed by atoms with E-state index in [1.165, 1.54) is 10.8 Å². The van der Waals surface area contributed by atoms with Crippen molar-refractivity contribution in [3.8, 4) is 0 Å². The van der Waals surface area contributed by atoms with Crippen molar-refractivity contribution in [2.45, 2.75) is 33.2 Å². The monoisotopic (exact) mass is 385 g/mol. The van der Waals surface area contributed by atoms with E-state index < -0.39 is 0 Å². The summed E-state index contributed by atoms with van der Waals surface area (Å²) in [6.45, 7) is 4.48. The highest BCUT2D eigenvalue weighted by Gasteiger charge is 2.14. The first kappa shape index (κ1) is 18.8. The number of hydrogen-bond donors (Lipinski definition) is 1. The molecular formula is C23H23N5O. The summed E-state index contributed by atoms with van der Waals surface area (Å²) in [4.78, 5) is 16.9. The van der Waals surface area contributed by atoms with Gasteiger partial charge in [0.05, 0.1) is 12.7 Å². The summed E-state index contributed by atoms with van der Waals surface area (Å²) in [5.74, 6) is 0.483. The Bertz CT molecular complexity index is 1170. The minimum atomic E-state index is -0.0233. The number of ketones is 1. The second-order valence-corrected chi connectivity index (χ2v) is 7.29. The third kappa shape index (κ3) is 4.01. The largest absolute Gasteiger partial charge is 0.384 e. The second-order valence-electron chi connectivity index (χ2n) is 7.29. The van der Waals surface area contributed by atoms with Crippen molar-refractivity contribution in [3.05, 3.63) is 82.8 Å². The first-order valence-electron chi connectivity index (χ1n) is 9.64. The quantitative estimate of drug-likeness (QED) is 0.509. The Morgan fingerprint density at radius 3 is 2.72 bits per heavy atom. The Balaban J connectivity index is 1.47. The molecule has 0 amide bonds. The number of nitrogens with two attached hydrogens (primary N) is 1. The standard InChI is InChI=1S/C23H23N5O/c1-15-12-23(24)25-16(2)19(15)10-11-22(29)21-14-28(27-26-21)13-18-8-5-7-17-6-3-4-9-20(17)18/h3-9,12,14H,10-11,13H2,1-2H3,(H2,24,25). The number of aryl methyl sites for hydroxylation is 2. The van der Waals surface area contributed by atoms with Crippen LogP contribution in [0.3, 0.4) is 0 Å². The second kappa shape index (κ2) is 7.83. The van der Waals surface area contributed by atoms with E-state index >= 15 is 0 Å². The van der Waals surface area contributed by atoms with E-state index in [2.05, 4.69) is 39.6 Å². The lowest BCUT2D eigenvalue weighted by molar-refractivity contribution is 0.0978. The lowest BCUT2D eigenvalue weighted by Crippen LogP contribution is -2.06. The van der Waals surface area contributed by atoms with E-state index in [4.69, 9.17) is 5.73 Å². The number of carbonyl (C=O) groups excluding carboxylic acids is 1. The number of fused-ring (bicyclic) bond motifs is 1. The molecule has 0 radical (unpaired) electrons. The first-order chi connectivity index (χ1) is 14.0. The van der Waals surface area contributed by atoms with Crippen LogP contribution in [0.5, 0.6) is 0 Å². The van der Waals surface area contributed by atoms with Crippen molar-refractivity contribution in [3.63, 3.8) is 0 Å². The van der Waals surface area contributed by atoms with Gasteiger partial charge in [-0.25, -0.2) is 9.67 Å². The smallest absolute Gasteiger partial charge is 0.185 e. The molecule has 0 atom stereocenters. The minimum absolute atomic E-state index is 0.0233. The lowest BCUT2D eigenvalue weighted by atomic mass is 10.0. The van der Waals surface area contributed by atoms with E-state index in [-0.39, 0.29) is 5.78 Å². The van der Waals surface area contributed by atoms with Gasteiger partial charge in [-0.2, -0.15) is 0 Å². The molecule has 0 fully saturated rings. The van der Waals surface area contributed by atoms with Crippen LogP contribution in [0.15, 0.2) is 54.7 Å². The number of hydrogen-bond acceptors (Lipinski definition) is 5. The van der Waals surface area contributed by atoms with Gasteiger partial charge in [-0.1, -0.05) is 47.7 Å². The number of nitrogens with zero attached hydrogens (tertiary/aromatic N) is 4. The molecule has 0 unspecified atom stereocenters. The molecule has 0 aliphatic rings. The Labute approximate surface area is 169 Å². The van der Waals surface area contributed by atoms with Gasteiger partial charge in [0.1, 0.15) is 11.5 Å². The number of anilines is 1. The molecular weight excluding hydrogens is 362 g/mol. The fourth-order valence-corrected chi connectivity index (χ4v) is 3.74. The van der Waals surface area contributed by atoms with E-state index in [0.717, 1.165) is 22.4 Å². The highest BCUT2D eigenvalue weighted by Crippen LogP contribution is 2.20. The molecule has 0 bridgehead atoms. The number of nitrogen functional groups attached to an aromatic ring is 1. The zero-order valence-electron chi connectivity index (χ0n) is 16.6. The van der Waals surface area contributed by atoms with Gasteiger partial charge in [0, 0.05) is 12.1 Å². The zero-order chi connectivity index (χ0) is 20.4. The summed E-state index contributed by atoms with van der Waals surface area (Å²) >= 11 is 0. The molecule has 4 rings (SSSR count). The van der Waals surface area contributed by atoms with Gasteiger partial charge >= 0.3 is 0 Å². The van der Waals surface area contributed by atoms with E-state index in [0.29, 0.717) is 30.9 Å². The normalized spacial score (nSPS) is 11.1. The highest BCUT2D eigenvalue weighted by atomic mass is 16.1. The van der Waals surface area contributed by atoms with Gasteiger partial charge in [0.15, 0.2) is 5.78 Å². The van der Waals surface area contributed by atoms with Crippen LogP contribution in [0.4, 0.5) is 5.82 Å². The van der Waals surface area contributed by atoms with Crippen molar-refractivity contribution in [2.75, 3.05) is 5.73 Å². The summed E-state index contributed by atoms with van der Waals surface area (Å²) in [6, 6.07) is 16.3. The van der Waals surface area contributed by atoms with Crippen LogP contribution in [0.2, 0.25) is 0 Å². The summed E-state index contributed by atoms with van der Waals surface area (Å²) in [5.41, 5.74) is 10.3. The van der Waals surface area contributed by atoms with E-state index in [9.17, 15) is 4.79 Å². The summed E-state index contributed by atoms with van der Waals surface area (Å²) in [5, 5.41) is 10.6. The number of rotatable bonds is 6. The van der Waals surface area contributed by atoms with Crippen molar-refractivity contribution < 1.29 is 4.79 Å². The number of aromatic nitrogens is 4. The Morgan fingerprint density at radius 2 is 1.90 bits per heavy atom. The SMILES string of the molecule is Cc1cc(N)nc(C)c1CCC(=O)c1cn(Cc2cccc3ccccc23)nn1. The molecule has 4 aromatic rings. The van der Waals surface area contributed by atoms with Crippen molar-refractivity contribution in [2.24, 2.45) is 0 Å². The van der Waals surface area contributed by atoms with Crippen molar-refractivity contribution in [1.29, 1.82) is 0 Å². The van der Waals surface area contributed by atoms with Crippen LogP contribution in [-0.4, -0.2) is 25.8 Å². The van der Waals surface area contributed by atoms with E-state index in [1.54, 1.807) is 10.9 Å². The highest BCUT2D eigenvalue weighted by molar-refractivity contribution is 5.94. The molecule has 0 saturated carbocycles. The van der Waals surface area contributed by atoms with Crippen LogP contribution in [0.1, 0.15) is 39.3 Å². The number of Topliss-reactive ketones (excluding diaryl/α,β-unsaturated/α-hetero) is 1. The van der Waals surface area contributed by atoms with Gasteiger partial charge in [-0.15, -0.1) is 5.10 Å². The molecule has 29 heavy (non-hydrogen) atoms. The molecule has 2 aromatic carbocycles. The molecule has 2 N–H and O–H groups in total. The molecule has 0 aliphatic carbocycles. The number of benzene rings is 2. The maximum Gasteiger partial charge on any atom is 0.185 e. The molecule has 6 heteroatoms. The van der Waals surface area contributed by atoms with Gasteiger partial charge < -0.3 is 5.73 Å².